The van der Waals surface area contributed by atoms with Gasteiger partial charge in [0.25, 0.3) is 5.91 Å². The van der Waals surface area contributed by atoms with Crippen molar-refractivity contribution < 1.29 is 4.79 Å². The first-order valence-corrected chi connectivity index (χ1v) is 10.7. The van der Waals surface area contributed by atoms with Gasteiger partial charge < -0.3 is 5.32 Å². The van der Waals surface area contributed by atoms with Crippen LogP contribution in [0.15, 0.2) is 61.2 Å². The summed E-state index contributed by atoms with van der Waals surface area (Å²) in [6.07, 6.45) is 7.96. The average molecular weight is 427 g/mol. The van der Waals surface area contributed by atoms with E-state index in [-0.39, 0.29) is 5.91 Å². The minimum Gasteiger partial charge on any atom is -0.346 e. The van der Waals surface area contributed by atoms with E-state index in [4.69, 9.17) is 0 Å². The third-order valence-corrected chi connectivity index (χ3v) is 5.11. The maximum absolute atomic E-state index is 13.1. The van der Waals surface area contributed by atoms with Crippen LogP contribution in [-0.4, -0.2) is 30.6 Å². The van der Waals surface area contributed by atoms with Gasteiger partial charge in [-0.2, -0.15) is 5.10 Å². The fourth-order valence-electron chi connectivity index (χ4n) is 3.44. The summed E-state index contributed by atoms with van der Waals surface area (Å²) >= 11 is 0. The van der Waals surface area contributed by atoms with Gasteiger partial charge in [0.2, 0.25) is 0 Å². The van der Waals surface area contributed by atoms with E-state index in [1.54, 1.807) is 18.6 Å². The van der Waals surface area contributed by atoms with Gasteiger partial charge >= 0.3 is 0 Å². The molecule has 32 heavy (non-hydrogen) atoms. The minimum absolute atomic E-state index is 0.177. The number of aryl methyl sites for hydroxylation is 3. The Bertz CT molecular complexity index is 1210. The van der Waals surface area contributed by atoms with Gasteiger partial charge in [0.1, 0.15) is 0 Å². The Kier molecular flexibility index (Phi) is 6.35. The molecule has 0 radical (unpaired) electrons. The van der Waals surface area contributed by atoms with Gasteiger partial charge in [0.05, 0.1) is 35.5 Å². The molecule has 0 saturated heterocycles. The highest BCUT2D eigenvalue weighted by Gasteiger charge is 2.14. The summed E-state index contributed by atoms with van der Waals surface area (Å²) in [5, 5.41) is 7.39. The summed E-state index contributed by atoms with van der Waals surface area (Å²) in [6.45, 7) is 7.12. The molecule has 1 aromatic carbocycles. The van der Waals surface area contributed by atoms with Crippen LogP contribution < -0.4 is 5.32 Å². The quantitative estimate of drug-likeness (QED) is 0.475. The average Bonchev–Trinajstić information content (AvgIpc) is 3.27. The van der Waals surface area contributed by atoms with E-state index in [9.17, 15) is 4.79 Å². The van der Waals surface area contributed by atoms with Crippen molar-refractivity contribution in [3.8, 4) is 22.5 Å². The number of benzene rings is 1. The fourth-order valence-corrected chi connectivity index (χ4v) is 3.44. The molecule has 3 aromatic heterocycles. The summed E-state index contributed by atoms with van der Waals surface area (Å²) in [5.74, 6) is -0.177. The van der Waals surface area contributed by atoms with E-state index in [1.165, 1.54) is 0 Å². The van der Waals surface area contributed by atoms with Crippen molar-refractivity contribution in [1.82, 2.24) is 30.0 Å². The Hall–Kier alpha value is -3.87. The van der Waals surface area contributed by atoms with Gasteiger partial charge in [-0.3, -0.25) is 24.4 Å². The Labute approximate surface area is 187 Å². The molecule has 0 bridgehead atoms. The maximum Gasteiger partial charge on any atom is 0.251 e. The van der Waals surface area contributed by atoms with Crippen molar-refractivity contribution in [3.63, 3.8) is 0 Å². The zero-order valence-electron chi connectivity index (χ0n) is 18.5. The van der Waals surface area contributed by atoms with Crippen LogP contribution in [0.1, 0.15) is 40.7 Å². The highest BCUT2D eigenvalue weighted by atomic mass is 16.1. The summed E-state index contributed by atoms with van der Waals surface area (Å²) in [5.41, 5.74) is 6.79. The van der Waals surface area contributed by atoms with Gasteiger partial charge in [-0.15, -0.1) is 0 Å². The van der Waals surface area contributed by atoms with E-state index in [1.807, 2.05) is 55.1 Å². The van der Waals surface area contributed by atoms with Crippen molar-refractivity contribution >= 4 is 5.91 Å². The Balaban J connectivity index is 1.69. The second kappa shape index (κ2) is 9.51. The molecule has 1 amide bonds. The van der Waals surface area contributed by atoms with Crippen LogP contribution in [-0.2, 0) is 13.1 Å². The third-order valence-electron chi connectivity index (χ3n) is 5.11. The molecule has 0 saturated carbocycles. The lowest BCUT2D eigenvalue weighted by molar-refractivity contribution is 0.0950. The lowest BCUT2D eigenvalue weighted by atomic mass is 10.00. The summed E-state index contributed by atoms with van der Waals surface area (Å²) in [7, 11) is 0. The molecule has 4 rings (SSSR count). The van der Waals surface area contributed by atoms with Crippen LogP contribution >= 0.6 is 0 Å². The second-order valence-corrected chi connectivity index (χ2v) is 7.79. The first-order valence-electron chi connectivity index (χ1n) is 10.7. The van der Waals surface area contributed by atoms with Crippen LogP contribution in [0.4, 0.5) is 0 Å². The number of aromatic nitrogens is 5. The number of carbonyl (C=O) groups excluding carboxylic acids is 1. The van der Waals surface area contributed by atoms with Crippen LogP contribution in [0.2, 0.25) is 0 Å². The summed E-state index contributed by atoms with van der Waals surface area (Å²) in [4.78, 5) is 26.2. The minimum atomic E-state index is -0.177. The standard InChI is InChI=1S/C25H26N6O/c1-4-9-31-24(7-8-30-31)20-10-19(23-6-5-17(2)13-28-23)11-21(12-20)25(32)29-16-22-15-26-18(3)14-27-22/h5-8,10-15H,4,9,16H2,1-3H3,(H,29,32). The molecule has 0 spiro atoms. The Morgan fingerprint density at radius 3 is 2.53 bits per heavy atom. The molecule has 7 nitrogen and oxygen atoms in total. The Morgan fingerprint density at radius 2 is 1.81 bits per heavy atom. The lowest BCUT2D eigenvalue weighted by Gasteiger charge is -2.12. The third kappa shape index (κ3) is 4.88. The number of amides is 1. The molecule has 0 atom stereocenters. The number of rotatable bonds is 7. The van der Waals surface area contributed by atoms with Crippen molar-refractivity contribution in [1.29, 1.82) is 0 Å². The molecule has 0 fully saturated rings. The number of hydrogen-bond acceptors (Lipinski definition) is 5. The SMILES string of the molecule is CCCn1nccc1-c1cc(C(=O)NCc2cnc(C)cn2)cc(-c2ccc(C)cn2)c1. The fraction of sp³-hybridized carbons (Fsp3) is 0.240. The van der Waals surface area contributed by atoms with E-state index in [2.05, 4.69) is 38.4 Å². The molecule has 0 unspecified atom stereocenters. The number of carbonyl (C=O) groups is 1. The number of pyridine rings is 1. The van der Waals surface area contributed by atoms with E-state index >= 15 is 0 Å². The molecule has 4 aromatic rings. The topological polar surface area (TPSA) is 85.6 Å². The van der Waals surface area contributed by atoms with E-state index in [0.717, 1.165) is 46.7 Å². The molecular weight excluding hydrogens is 400 g/mol. The summed E-state index contributed by atoms with van der Waals surface area (Å²) < 4.78 is 1.96. The normalized spacial score (nSPS) is 10.8. The molecule has 0 aliphatic rings. The smallest absolute Gasteiger partial charge is 0.251 e. The van der Waals surface area contributed by atoms with Crippen LogP contribution in [0, 0.1) is 13.8 Å². The van der Waals surface area contributed by atoms with Gasteiger partial charge in [0, 0.05) is 41.8 Å². The van der Waals surface area contributed by atoms with E-state index < -0.39 is 0 Å². The van der Waals surface area contributed by atoms with Crippen LogP contribution in [0.5, 0.6) is 0 Å². The maximum atomic E-state index is 13.1. The zero-order chi connectivity index (χ0) is 22.5. The van der Waals surface area contributed by atoms with Crippen molar-refractivity contribution in [2.75, 3.05) is 0 Å². The van der Waals surface area contributed by atoms with Crippen molar-refractivity contribution in [2.45, 2.75) is 40.3 Å². The van der Waals surface area contributed by atoms with E-state index in [0.29, 0.717) is 17.8 Å². The zero-order valence-corrected chi connectivity index (χ0v) is 18.5. The second-order valence-electron chi connectivity index (χ2n) is 7.79. The molecule has 3 heterocycles. The summed E-state index contributed by atoms with van der Waals surface area (Å²) in [6, 6.07) is 11.8. The van der Waals surface area contributed by atoms with Crippen LogP contribution in [0.3, 0.4) is 0 Å². The van der Waals surface area contributed by atoms with Gasteiger partial charge in [0.15, 0.2) is 0 Å². The Morgan fingerprint density at radius 1 is 0.969 bits per heavy atom. The van der Waals surface area contributed by atoms with Crippen LogP contribution in [0.25, 0.3) is 22.5 Å². The first-order chi connectivity index (χ1) is 15.5. The molecule has 0 aliphatic carbocycles. The molecule has 7 heteroatoms. The molecular formula is C25H26N6O. The number of hydrogen-bond donors (Lipinski definition) is 1. The number of nitrogens with zero attached hydrogens (tertiary/aromatic N) is 5. The van der Waals surface area contributed by atoms with Gasteiger partial charge in [-0.1, -0.05) is 13.0 Å². The van der Waals surface area contributed by atoms with Gasteiger partial charge in [-0.05, 0) is 56.2 Å². The first kappa shape index (κ1) is 21.4. The highest BCUT2D eigenvalue weighted by Crippen LogP contribution is 2.28. The van der Waals surface area contributed by atoms with Crippen molar-refractivity contribution in [2.24, 2.45) is 0 Å². The predicted octanol–water partition coefficient (Wildman–Crippen LogP) is 4.36. The van der Waals surface area contributed by atoms with Gasteiger partial charge in [-0.25, -0.2) is 0 Å². The number of nitrogens with one attached hydrogen (secondary N) is 1. The lowest BCUT2D eigenvalue weighted by Crippen LogP contribution is -2.23. The molecule has 162 valence electrons. The van der Waals surface area contributed by atoms with Crippen molar-refractivity contribution in [3.05, 3.63) is 83.7 Å². The monoisotopic (exact) mass is 426 g/mol. The molecule has 0 aliphatic heterocycles. The molecule has 1 N–H and O–H groups in total. The highest BCUT2D eigenvalue weighted by molar-refractivity contribution is 5.97. The largest absolute Gasteiger partial charge is 0.346 e. The predicted molar refractivity (Wildman–Crippen MR) is 124 cm³/mol.